The van der Waals surface area contributed by atoms with Crippen LogP contribution < -0.4 is 0 Å². The number of hydrogen-bond acceptors (Lipinski definition) is 1. The molecular formula is C11H16O. The third-order valence-corrected chi connectivity index (χ3v) is 1.56. The maximum absolute atomic E-state index is 9.28. The molecule has 12 heavy (non-hydrogen) atoms. The lowest BCUT2D eigenvalue weighted by molar-refractivity contribution is 0.465. The van der Waals surface area contributed by atoms with Crippen LogP contribution in [-0.4, -0.2) is 5.11 Å². The maximum Gasteiger partial charge on any atom is 0.119 e. The van der Waals surface area contributed by atoms with E-state index in [1.165, 1.54) is 0 Å². The summed E-state index contributed by atoms with van der Waals surface area (Å²) in [5.74, 6) is 0.804. The first-order valence-corrected chi connectivity index (χ1v) is 3.99. The average Bonchev–Trinajstić information content (AvgIpc) is 2.08. The SMILES string of the molecule is C=C.CC(C)c1ccccc1O. The summed E-state index contributed by atoms with van der Waals surface area (Å²) in [4.78, 5) is 0. The first kappa shape index (κ1) is 10.8. The summed E-state index contributed by atoms with van der Waals surface area (Å²) in [6.07, 6.45) is 0. The van der Waals surface area contributed by atoms with Gasteiger partial charge in [-0.1, -0.05) is 32.0 Å². The van der Waals surface area contributed by atoms with Crippen molar-refractivity contribution in [3.63, 3.8) is 0 Å². The minimum Gasteiger partial charge on any atom is -0.508 e. The molecule has 1 aromatic rings. The molecule has 0 atom stereocenters. The molecule has 1 heteroatoms. The summed E-state index contributed by atoms with van der Waals surface area (Å²) < 4.78 is 0. The Morgan fingerprint density at radius 2 is 1.67 bits per heavy atom. The topological polar surface area (TPSA) is 20.2 Å². The first-order chi connectivity index (χ1) is 5.72. The summed E-state index contributed by atoms with van der Waals surface area (Å²) in [6.45, 7) is 10.1. The quantitative estimate of drug-likeness (QED) is 0.631. The van der Waals surface area contributed by atoms with Gasteiger partial charge in [0.05, 0.1) is 0 Å². The van der Waals surface area contributed by atoms with Crippen molar-refractivity contribution in [1.82, 2.24) is 0 Å². The van der Waals surface area contributed by atoms with Crippen LogP contribution in [0.15, 0.2) is 37.4 Å². The summed E-state index contributed by atoms with van der Waals surface area (Å²) >= 11 is 0. The van der Waals surface area contributed by atoms with E-state index in [9.17, 15) is 5.11 Å². The predicted octanol–water partition coefficient (Wildman–Crippen LogP) is 3.32. The highest BCUT2D eigenvalue weighted by atomic mass is 16.3. The Morgan fingerprint density at radius 1 is 1.17 bits per heavy atom. The van der Waals surface area contributed by atoms with E-state index in [0.717, 1.165) is 5.56 Å². The van der Waals surface area contributed by atoms with Crippen LogP contribution in [0.2, 0.25) is 0 Å². The smallest absolute Gasteiger partial charge is 0.119 e. The van der Waals surface area contributed by atoms with E-state index in [1.54, 1.807) is 6.07 Å². The molecule has 0 saturated carbocycles. The minimum absolute atomic E-state index is 0.400. The highest BCUT2D eigenvalue weighted by Gasteiger charge is 2.01. The van der Waals surface area contributed by atoms with E-state index < -0.39 is 0 Å². The normalized spacial score (nSPS) is 8.92. The lowest BCUT2D eigenvalue weighted by Gasteiger charge is -2.05. The van der Waals surface area contributed by atoms with E-state index in [0.29, 0.717) is 11.7 Å². The van der Waals surface area contributed by atoms with Crippen LogP contribution in [0, 0.1) is 0 Å². The molecular weight excluding hydrogens is 148 g/mol. The Labute approximate surface area is 74.4 Å². The van der Waals surface area contributed by atoms with Gasteiger partial charge < -0.3 is 5.11 Å². The van der Waals surface area contributed by atoms with Crippen LogP contribution in [0.25, 0.3) is 0 Å². The number of hydrogen-bond donors (Lipinski definition) is 1. The second-order valence-corrected chi connectivity index (χ2v) is 2.71. The Hall–Kier alpha value is -1.24. The summed E-state index contributed by atoms with van der Waals surface area (Å²) in [5, 5.41) is 9.28. The number of phenolic OH excluding ortho intramolecular Hbond substituents is 1. The van der Waals surface area contributed by atoms with Crippen molar-refractivity contribution in [3.8, 4) is 5.75 Å². The van der Waals surface area contributed by atoms with Gasteiger partial charge in [-0.25, -0.2) is 0 Å². The number of aromatic hydroxyl groups is 1. The van der Waals surface area contributed by atoms with Crippen molar-refractivity contribution in [1.29, 1.82) is 0 Å². The van der Waals surface area contributed by atoms with Gasteiger partial charge in [0.1, 0.15) is 5.75 Å². The highest BCUT2D eigenvalue weighted by Crippen LogP contribution is 2.23. The standard InChI is InChI=1S/C9H12O.C2H4/c1-7(2)8-5-3-4-6-9(8)10;1-2/h3-7,10H,1-2H3;1-2H2. The van der Waals surface area contributed by atoms with Gasteiger partial charge in [0.15, 0.2) is 0 Å². The van der Waals surface area contributed by atoms with Gasteiger partial charge in [-0.3, -0.25) is 0 Å². The van der Waals surface area contributed by atoms with Crippen molar-refractivity contribution in [2.45, 2.75) is 19.8 Å². The molecule has 0 aliphatic heterocycles. The molecule has 1 nitrogen and oxygen atoms in total. The van der Waals surface area contributed by atoms with Gasteiger partial charge in [0.2, 0.25) is 0 Å². The van der Waals surface area contributed by atoms with E-state index in [2.05, 4.69) is 27.0 Å². The summed E-state index contributed by atoms with van der Waals surface area (Å²) in [5.41, 5.74) is 1.02. The van der Waals surface area contributed by atoms with Gasteiger partial charge >= 0.3 is 0 Å². The molecule has 0 aromatic heterocycles. The van der Waals surface area contributed by atoms with Crippen molar-refractivity contribution in [3.05, 3.63) is 43.0 Å². The zero-order valence-corrected chi connectivity index (χ0v) is 7.75. The minimum atomic E-state index is 0.400. The third-order valence-electron chi connectivity index (χ3n) is 1.56. The van der Waals surface area contributed by atoms with E-state index in [-0.39, 0.29) is 0 Å². The van der Waals surface area contributed by atoms with E-state index in [4.69, 9.17) is 0 Å². The Balaban J connectivity index is 0.000000561. The van der Waals surface area contributed by atoms with Gasteiger partial charge in [-0.15, -0.1) is 13.2 Å². The fourth-order valence-corrected chi connectivity index (χ4v) is 0.976. The lowest BCUT2D eigenvalue weighted by Crippen LogP contribution is -1.85. The molecule has 0 aliphatic carbocycles. The molecule has 1 aromatic carbocycles. The predicted molar refractivity (Wildman–Crippen MR) is 53.4 cm³/mol. The molecule has 0 unspecified atom stereocenters. The Kier molecular flexibility index (Phi) is 4.86. The van der Waals surface area contributed by atoms with Gasteiger partial charge in [-0.2, -0.15) is 0 Å². The molecule has 0 heterocycles. The fraction of sp³-hybridized carbons (Fsp3) is 0.273. The van der Waals surface area contributed by atoms with Gasteiger partial charge in [0.25, 0.3) is 0 Å². The molecule has 1 N–H and O–H groups in total. The number of benzene rings is 1. The molecule has 0 fully saturated rings. The Morgan fingerprint density at radius 3 is 2.00 bits per heavy atom. The fourth-order valence-electron chi connectivity index (χ4n) is 0.976. The van der Waals surface area contributed by atoms with Crippen LogP contribution in [0.5, 0.6) is 5.75 Å². The van der Waals surface area contributed by atoms with Crippen LogP contribution in [-0.2, 0) is 0 Å². The molecule has 1 rings (SSSR count). The second-order valence-electron chi connectivity index (χ2n) is 2.71. The van der Waals surface area contributed by atoms with Gasteiger partial charge in [0, 0.05) is 0 Å². The molecule has 0 spiro atoms. The average molecular weight is 164 g/mol. The molecule has 0 aliphatic rings. The van der Waals surface area contributed by atoms with Crippen LogP contribution in [0.1, 0.15) is 25.3 Å². The molecule has 66 valence electrons. The van der Waals surface area contributed by atoms with Crippen molar-refractivity contribution < 1.29 is 5.11 Å². The van der Waals surface area contributed by atoms with Crippen molar-refractivity contribution in [2.24, 2.45) is 0 Å². The molecule has 0 amide bonds. The van der Waals surface area contributed by atoms with Crippen LogP contribution >= 0.6 is 0 Å². The first-order valence-electron chi connectivity index (χ1n) is 3.99. The lowest BCUT2D eigenvalue weighted by atomic mass is 10.0. The summed E-state index contributed by atoms with van der Waals surface area (Å²) in [6, 6.07) is 7.44. The van der Waals surface area contributed by atoms with Crippen LogP contribution in [0.3, 0.4) is 0 Å². The highest BCUT2D eigenvalue weighted by molar-refractivity contribution is 5.33. The van der Waals surface area contributed by atoms with Gasteiger partial charge in [-0.05, 0) is 17.5 Å². The molecule has 0 radical (unpaired) electrons. The zero-order chi connectivity index (χ0) is 9.56. The van der Waals surface area contributed by atoms with Crippen molar-refractivity contribution in [2.75, 3.05) is 0 Å². The number of para-hydroxylation sites is 1. The van der Waals surface area contributed by atoms with Crippen molar-refractivity contribution >= 4 is 0 Å². The maximum atomic E-state index is 9.28. The summed E-state index contributed by atoms with van der Waals surface area (Å²) in [7, 11) is 0. The van der Waals surface area contributed by atoms with E-state index in [1.807, 2.05) is 18.2 Å². The second kappa shape index (κ2) is 5.42. The number of rotatable bonds is 1. The molecule has 0 saturated heterocycles. The van der Waals surface area contributed by atoms with Crippen LogP contribution in [0.4, 0.5) is 0 Å². The monoisotopic (exact) mass is 164 g/mol. The zero-order valence-electron chi connectivity index (χ0n) is 7.75. The number of phenols is 1. The Bertz CT molecular complexity index is 228. The third kappa shape index (κ3) is 2.79. The molecule has 0 bridgehead atoms. The van der Waals surface area contributed by atoms with E-state index >= 15 is 0 Å². The largest absolute Gasteiger partial charge is 0.508 e.